The fraction of sp³-hybridized carbons (Fsp3) is 0.0952. The lowest BCUT2D eigenvalue weighted by Gasteiger charge is -2.12. The lowest BCUT2D eigenvalue weighted by atomic mass is 10.1. The highest BCUT2D eigenvalue weighted by Crippen LogP contribution is 2.20. The molecule has 2 N–H and O–H groups in total. The molecule has 5 nitrogen and oxygen atoms in total. The van der Waals surface area contributed by atoms with Gasteiger partial charge in [-0.25, -0.2) is 8.42 Å². The SMILES string of the molecule is Cc1ccc(NS(=O)(=O)c2ccc(C)c(C(=O)Nc3ccccc3)c2)cc1. The average Bonchev–Trinajstić information content (AvgIpc) is 2.64. The minimum atomic E-state index is -3.80. The maximum atomic E-state index is 12.7. The molecule has 0 spiro atoms. The van der Waals surface area contributed by atoms with Crippen LogP contribution in [0.3, 0.4) is 0 Å². The summed E-state index contributed by atoms with van der Waals surface area (Å²) in [6, 6.07) is 20.6. The van der Waals surface area contributed by atoms with Crippen LogP contribution in [-0.2, 0) is 10.0 Å². The molecule has 3 aromatic carbocycles. The van der Waals surface area contributed by atoms with E-state index in [2.05, 4.69) is 10.0 Å². The van der Waals surface area contributed by atoms with E-state index in [4.69, 9.17) is 0 Å². The Morgan fingerprint density at radius 1 is 0.815 bits per heavy atom. The van der Waals surface area contributed by atoms with Gasteiger partial charge in [0.05, 0.1) is 4.90 Å². The third-order valence-corrected chi connectivity index (χ3v) is 5.48. The average molecular weight is 380 g/mol. The van der Waals surface area contributed by atoms with Gasteiger partial charge in [-0.05, 0) is 55.8 Å². The van der Waals surface area contributed by atoms with Gasteiger partial charge in [0.15, 0.2) is 0 Å². The Balaban J connectivity index is 1.87. The van der Waals surface area contributed by atoms with E-state index >= 15 is 0 Å². The van der Waals surface area contributed by atoms with Crippen LogP contribution in [0, 0.1) is 13.8 Å². The molecule has 0 saturated heterocycles. The Hall–Kier alpha value is -3.12. The third kappa shape index (κ3) is 4.54. The summed E-state index contributed by atoms with van der Waals surface area (Å²) in [5.74, 6) is -0.355. The highest BCUT2D eigenvalue weighted by atomic mass is 32.2. The number of aryl methyl sites for hydroxylation is 2. The molecule has 6 heteroatoms. The molecular formula is C21H20N2O3S. The van der Waals surface area contributed by atoms with Gasteiger partial charge in [-0.3, -0.25) is 9.52 Å². The lowest BCUT2D eigenvalue weighted by Crippen LogP contribution is -2.17. The molecule has 3 rings (SSSR count). The lowest BCUT2D eigenvalue weighted by molar-refractivity contribution is 0.102. The summed E-state index contributed by atoms with van der Waals surface area (Å²) in [6.45, 7) is 3.69. The Labute approximate surface area is 159 Å². The number of carbonyl (C=O) groups is 1. The fourth-order valence-electron chi connectivity index (χ4n) is 2.57. The number of carbonyl (C=O) groups excluding carboxylic acids is 1. The molecule has 0 aromatic heterocycles. The topological polar surface area (TPSA) is 75.3 Å². The van der Waals surface area contributed by atoms with E-state index < -0.39 is 10.0 Å². The van der Waals surface area contributed by atoms with Crippen molar-refractivity contribution in [1.82, 2.24) is 0 Å². The number of hydrogen-bond donors (Lipinski definition) is 2. The first kappa shape index (κ1) is 18.7. The predicted molar refractivity (Wildman–Crippen MR) is 108 cm³/mol. The predicted octanol–water partition coefficient (Wildman–Crippen LogP) is 4.36. The molecule has 138 valence electrons. The van der Waals surface area contributed by atoms with Crippen molar-refractivity contribution < 1.29 is 13.2 Å². The van der Waals surface area contributed by atoms with Gasteiger partial charge in [0, 0.05) is 16.9 Å². The molecule has 0 saturated carbocycles. The van der Waals surface area contributed by atoms with Gasteiger partial charge in [0.25, 0.3) is 15.9 Å². The number of anilines is 2. The van der Waals surface area contributed by atoms with Crippen molar-refractivity contribution in [2.45, 2.75) is 18.7 Å². The van der Waals surface area contributed by atoms with Crippen molar-refractivity contribution in [3.05, 3.63) is 89.5 Å². The molecule has 0 aliphatic heterocycles. The van der Waals surface area contributed by atoms with Crippen LogP contribution in [0.2, 0.25) is 0 Å². The molecule has 0 unspecified atom stereocenters. The first-order valence-electron chi connectivity index (χ1n) is 8.42. The smallest absolute Gasteiger partial charge is 0.261 e. The molecule has 0 heterocycles. The summed E-state index contributed by atoms with van der Waals surface area (Å²) in [4.78, 5) is 12.6. The standard InChI is InChI=1S/C21H20N2O3S/c1-15-8-11-18(12-9-15)23-27(25,26)19-13-10-16(2)20(14-19)21(24)22-17-6-4-3-5-7-17/h3-14,23H,1-2H3,(H,22,24). The summed E-state index contributed by atoms with van der Waals surface area (Å²) in [6.07, 6.45) is 0. The van der Waals surface area contributed by atoms with Crippen molar-refractivity contribution in [2.24, 2.45) is 0 Å². The van der Waals surface area contributed by atoms with Crippen LogP contribution in [0.25, 0.3) is 0 Å². The van der Waals surface area contributed by atoms with Crippen LogP contribution in [0.4, 0.5) is 11.4 Å². The molecule has 1 amide bonds. The number of benzene rings is 3. The van der Waals surface area contributed by atoms with Crippen molar-refractivity contribution in [2.75, 3.05) is 10.0 Å². The van der Waals surface area contributed by atoms with Gasteiger partial charge in [-0.2, -0.15) is 0 Å². The normalized spacial score (nSPS) is 11.0. The Morgan fingerprint density at radius 3 is 2.15 bits per heavy atom. The van der Waals surface area contributed by atoms with Crippen molar-refractivity contribution in [1.29, 1.82) is 0 Å². The summed E-state index contributed by atoms with van der Waals surface area (Å²) in [7, 11) is -3.80. The van der Waals surface area contributed by atoms with Crippen molar-refractivity contribution in [3.8, 4) is 0 Å². The molecule has 0 bridgehead atoms. The monoisotopic (exact) mass is 380 g/mol. The van der Waals surface area contributed by atoms with E-state index in [9.17, 15) is 13.2 Å². The van der Waals surface area contributed by atoms with Crippen LogP contribution in [0.5, 0.6) is 0 Å². The van der Waals surface area contributed by atoms with E-state index in [1.54, 1.807) is 37.3 Å². The second-order valence-corrected chi connectivity index (χ2v) is 7.95. The van der Waals surface area contributed by atoms with Crippen molar-refractivity contribution in [3.63, 3.8) is 0 Å². The van der Waals surface area contributed by atoms with Crippen molar-refractivity contribution >= 4 is 27.3 Å². The Kier molecular flexibility index (Phi) is 5.28. The van der Waals surface area contributed by atoms with Gasteiger partial charge in [0.1, 0.15) is 0 Å². The second-order valence-electron chi connectivity index (χ2n) is 6.27. The molecule has 0 fully saturated rings. The van der Waals surface area contributed by atoms with Gasteiger partial charge in [-0.15, -0.1) is 0 Å². The van der Waals surface area contributed by atoms with E-state index in [0.29, 0.717) is 22.5 Å². The van der Waals surface area contributed by atoms with Crippen LogP contribution in [0.1, 0.15) is 21.5 Å². The maximum absolute atomic E-state index is 12.7. The molecule has 3 aromatic rings. The van der Waals surface area contributed by atoms with Crippen LogP contribution in [0.15, 0.2) is 77.7 Å². The van der Waals surface area contributed by atoms with Gasteiger partial charge >= 0.3 is 0 Å². The maximum Gasteiger partial charge on any atom is 0.261 e. The molecular weight excluding hydrogens is 360 g/mol. The zero-order valence-electron chi connectivity index (χ0n) is 15.1. The summed E-state index contributed by atoms with van der Waals surface area (Å²) in [5, 5.41) is 2.78. The number of para-hydroxylation sites is 1. The van der Waals surface area contributed by atoms with Crippen LogP contribution in [-0.4, -0.2) is 14.3 Å². The Morgan fingerprint density at radius 2 is 1.48 bits per heavy atom. The number of hydrogen-bond acceptors (Lipinski definition) is 3. The molecule has 0 aliphatic carbocycles. The van der Waals surface area contributed by atoms with Crippen LogP contribution < -0.4 is 10.0 Å². The minimum Gasteiger partial charge on any atom is -0.322 e. The second kappa shape index (κ2) is 7.63. The van der Waals surface area contributed by atoms with E-state index in [1.807, 2.05) is 37.3 Å². The first-order valence-corrected chi connectivity index (χ1v) is 9.90. The van der Waals surface area contributed by atoms with E-state index in [-0.39, 0.29) is 10.8 Å². The molecule has 0 atom stereocenters. The van der Waals surface area contributed by atoms with Gasteiger partial charge < -0.3 is 5.32 Å². The third-order valence-electron chi connectivity index (χ3n) is 4.10. The minimum absolute atomic E-state index is 0.0342. The zero-order chi connectivity index (χ0) is 19.4. The van der Waals surface area contributed by atoms with Crippen LogP contribution >= 0.6 is 0 Å². The highest BCUT2D eigenvalue weighted by molar-refractivity contribution is 7.92. The number of amides is 1. The fourth-order valence-corrected chi connectivity index (χ4v) is 3.65. The van der Waals surface area contributed by atoms with E-state index in [0.717, 1.165) is 5.56 Å². The number of rotatable bonds is 5. The van der Waals surface area contributed by atoms with Gasteiger partial charge in [0.2, 0.25) is 0 Å². The number of sulfonamides is 1. The van der Waals surface area contributed by atoms with E-state index in [1.165, 1.54) is 12.1 Å². The molecule has 0 radical (unpaired) electrons. The number of nitrogens with one attached hydrogen (secondary N) is 2. The highest BCUT2D eigenvalue weighted by Gasteiger charge is 2.18. The molecule has 27 heavy (non-hydrogen) atoms. The Bertz CT molecular complexity index is 1060. The zero-order valence-corrected chi connectivity index (χ0v) is 15.9. The largest absolute Gasteiger partial charge is 0.322 e. The summed E-state index contributed by atoms with van der Waals surface area (Å²) < 4.78 is 27.9. The quantitative estimate of drug-likeness (QED) is 0.691. The van der Waals surface area contributed by atoms with Gasteiger partial charge in [-0.1, -0.05) is 42.0 Å². The molecule has 0 aliphatic rings. The first-order chi connectivity index (χ1) is 12.8. The summed E-state index contributed by atoms with van der Waals surface area (Å²) >= 11 is 0. The summed E-state index contributed by atoms with van der Waals surface area (Å²) in [5.41, 5.74) is 3.15.